The van der Waals surface area contributed by atoms with Crippen LogP contribution in [0.4, 0.5) is 0 Å². The van der Waals surface area contributed by atoms with Gasteiger partial charge in [0.15, 0.2) is 5.03 Å². The van der Waals surface area contributed by atoms with Gasteiger partial charge in [-0.05, 0) is 6.42 Å². The van der Waals surface area contributed by atoms with Crippen LogP contribution in [0.3, 0.4) is 0 Å². The number of rotatable bonds is 7. The molecule has 0 aliphatic heterocycles. The predicted molar refractivity (Wildman–Crippen MR) is 68.8 cm³/mol. The van der Waals surface area contributed by atoms with Crippen molar-refractivity contribution in [2.24, 2.45) is 0 Å². The molecule has 0 aliphatic rings. The Morgan fingerprint density at radius 2 is 2.11 bits per heavy atom. The van der Waals surface area contributed by atoms with Gasteiger partial charge in [-0.2, -0.15) is 4.31 Å². The first kappa shape index (κ1) is 15.1. The smallest absolute Gasteiger partial charge is 0.260 e. The maximum Gasteiger partial charge on any atom is 0.260 e. The third kappa shape index (κ3) is 3.30. The van der Waals surface area contributed by atoms with Crippen LogP contribution in [0, 0.1) is 0 Å². The van der Waals surface area contributed by atoms with Gasteiger partial charge in [-0.1, -0.05) is 20.8 Å². The standard InChI is InChI=1S/C11H21N3O3S/c1-4-5-14(6-7-15)18(16,17)10-8-12-11(13-10)9(2)3/h8-9,15H,4-7H2,1-3H3,(H,12,13). The Hall–Kier alpha value is -0.920. The van der Waals surface area contributed by atoms with Crippen molar-refractivity contribution < 1.29 is 13.5 Å². The highest BCUT2D eigenvalue weighted by Gasteiger charge is 2.25. The highest BCUT2D eigenvalue weighted by Crippen LogP contribution is 2.17. The van der Waals surface area contributed by atoms with Crippen LogP contribution in [0.25, 0.3) is 0 Å². The summed E-state index contributed by atoms with van der Waals surface area (Å²) in [5.74, 6) is 0.792. The fraction of sp³-hybridized carbons (Fsp3) is 0.727. The summed E-state index contributed by atoms with van der Waals surface area (Å²) >= 11 is 0. The van der Waals surface area contributed by atoms with E-state index in [1.54, 1.807) is 0 Å². The van der Waals surface area contributed by atoms with Crippen molar-refractivity contribution in [2.45, 2.75) is 38.1 Å². The Kier molecular flexibility index (Phi) is 5.30. The maximum absolute atomic E-state index is 12.3. The van der Waals surface area contributed by atoms with Crippen molar-refractivity contribution in [1.82, 2.24) is 14.3 Å². The first-order valence-corrected chi connectivity index (χ1v) is 7.53. The highest BCUT2D eigenvalue weighted by atomic mass is 32.2. The fourth-order valence-corrected chi connectivity index (χ4v) is 3.04. The predicted octanol–water partition coefficient (Wildman–Crippen LogP) is 0.926. The molecule has 0 saturated heterocycles. The monoisotopic (exact) mass is 275 g/mol. The Balaban J connectivity index is 3.01. The molecule has 7 heteroatoms. The summed E-state index contributed by atoms with van der Waals surface area (Å²) in [6.07, 6.45) is 2.04. The maximum atomic E-state index is 12.3. The lowest BCUT2D eigenvalue weighted by molar-refractivity contribution is 0.253. The molecule has 0 fully saturated rings. The average Bonchev–Trinajstić information content (AvgIpc) is 2.78. The largest absolute Gasteiger partial charge is 0.395 e. The number of hydrogen-bond donors (Lipinski definition) is 2. The van der Waals surface area contributed by atoms with E-state index in [1.807, 2.05) is 20.8 Å². The Bertz CT molecular complexity index is 462. The molecule has 1 heterocycles. The molecule has 0 saturated carbocycles. The van der Waals surface area contributed by atoms with Crippen LogP contribution in [0.15, 0.2) is 11.2 Å². The highest BCUT2D eigenvalue weighted by molar-refractivity contribution is 7.89. The van der Waals surface area contributed by atoms with Crippen molar-refractivity contribution in [3.63, 3.8) is 0 Å². The molecule has 2 N–H and O–H groups in total. The van der Waals surface area contributed by atoms with E-state index in [0.717, 1.165) is 0 Å². The van der Waals surface area contributed by atoms with Gasteiger partial charge < -0.3 is 10.1 Å². The zero-order chi connectivity index (χ0) is 13.8. The number of aromatic nitrogens is 2. The molecule has 104 valence electrons. The molecule has 1 aromatic heterocycles. The number of imidazole rings is 1. The molecule has 1 rings (SSSR count). The molecule has 0 spiro atoms. The van der Waals surface area contributed by atoms with Gasteiger partial charge in [-0.15, -0.1) is 0 Å². The van der Waals surface area contributed by atoms with Gasteiger partial charge in [0.25, 0.3) is 10.0 Å². The zero-order valence-electron chi connectivity index (χ0n) is 11.0. The van der Waals surface area contributed by atoms with Crippen LogP contribution >= 0.6 is 0 Å². The van der Waals surface area contributed by atoms with Gasteiger partial charge in [0.1, 0.15) is 5.82 Å². The van der Waals surface area contributed by atoms with Crippen molar-refractivity contribution in [2.75, 3.05) is 19.7 Å². The first-order valence-electron chi connectivity index (χ1n) is 6.09. The fourth-order valence-electron chi connectivity index (χ4n) is 1.60. The molecule has 0 unspecified atom stereocenters. The van der Waals surface area contributed by atoms with Crippen molar-refractivity contribution in [3.8, 4) is 0 Å². The summed E-state index contributed by atoms with van der Waals surface area (Å²) < 4.78 is 25.9. The summed E-state index contributed by atoms with van der Waals surface area (Å²) in [5, 5.41) is 9.03. The number of hydrogen-bond acceptors (Lipinski definition) is 4. The number of H-pyrrole nitrogens is 1. The molecular formula is C11H21N3O3S. The molecule has 1 aromatic rings. The van der Waals surface area contributed by atoms with Gasteiger partial charge in [0, 0.05) is 19.0 Å². The molecule has 0 aromatic carbocycles. The summed E-state index contributed by atoms with van der Waals surface area (Å²) in [6.45, 7) is 6.07. The van der Waals surface area contributed by atoms with Crippen LogP contribution in [0.1, 0.15) is 38.9 Å². The van der Waals surface area contributed by atoms with Crippen LogP contribution < -0.4 is 0 Å². The average molecular weight is 275 g/mol. The number of nitrogens with zero attached hydrogens (tertiary/aromatic N) is 2. The number of aliphatic hydroxyl groups is 1. The lowest BCUT2D eigenvalue weighted by atomic mass is 10.2. The van der Waals surface area contributed by atoms with E-state index in [-0.39, 0.29) is 24.1 Å². The second-order valence-corrected chi connectivity index (χ2v) is 6.32. The van der Waals surface area contributed by atoms with Crippen LogP contribution in [-0.2, 0) is 10.0 Å². The number of aromatic amines is 1. The quantitative estimate of drug-likeness (QED) is 0.775. The first-order chi connectivity index (χ1) is 8.43. The van der Waals surface area contributed by atoms with E-state index < -0.39 is 10.0 Å². The lowest BCUT2D eigenvalue weighted by Crippen LogP contribution is -2.34. The summed E-state index contributed by atoms with van der Waals surface area (Å²) in [6, 6.07) is 0. The number of sulfonamides is 1. The second-order valence-electron chi connectivity index (χ2n) is 4.42. The molecule has 0 aliphatic carbocycles. The van der Waals surface area contributed by atoms with E-state index in [2.05, 4.69) is 9.97 Å². The van der Waals surface area contributed by atoms with Crippen molar-refractivity contribution in [3.05, 3.63) is 12.0 Å². The van der Waals surface area contributed by atoms with Gasteiger partial charge in [0.2, 0.25) is 0 Å². The van der Waals surface area contributed by atoms with Gasteiger partial charge >= 0.3 is 0 Å². The molecule has 0 atom stereocenters. The summed E-state index contributed by atoms with van der Waals surface area (Å²) in [4.78, 5) is 6.89. The minimum atomic E-state index is -3.58. The van der Waals surface area contributed by atoms with Gasteiger partial charge in [-0.25, -0.2) is 13.4 Å². The van der Waals surface area contributed by atoms with E-state index in [4.69, 9.17) is 5.11 Å². The third-order valence-electron chi connectivity index (χ3n) is 2.56. The van der Waals surface area contributed by atoms with Gasteiger partial charge in [0.05, 0.1) is 12.8 Å². The lowest BCUT2D eigenvalue weighted by Gasteiger charge is -2.19. The summed E-state index contributed by atoms with van der Waals surface area (Å²) in [7, 11) is -3.58. The minimum absolute atomic E-state index is 0.0908. The Morgan fingerprint density at radius 1 is 1.44 bits per heavy atom. The molecule has 6 nitrogen and oxygen atoms in total. The normalized spacial score (nSPS) is 12.6. The van der Waals surface area contributed by atoms with Crippen LogP contribution in [0.5, 0.6) is 0 Å². The Morgan fingerprint density at radius 3 is 2.56 bits per heavy atom. The molecule has 0 radical (unpaired) electrons. The summed E-state index contributed by atoms with van der Waals surface area (Å²) in [5.41, 5.74) is 0. The second kappa shape index (κ2) is 6.31. The molecule has 0 amide bonds. The van der Waals surface area contributed by atoms with Crippen molar-refractivity contribution in [1.29, 1.82) is 0 Å². The van der Waals surface area contributed by atoms with E-state index in [0.29, 0.717) is 18.8 Å². The third-order valence-corrected chi connectivity index (χ3v) is 4.37. The molecule has 18 heavy (non-hydrogen) atoms. The number of aliphatic hydroxyl groups excluding tert-OH is 1. The zero-order valence-corrected chi connectivity index (χ0v) is 11.9. The van der Waals surface area contributed by atoms with E-state index in [1.165, 1.54) is 10.5 Å². The topological polar surface area (TPSA) is 86.3 Å². The minimum Gasteiger partial charge on any atom is -0.395 e. The van der Waals surface area contributed by atoms with Crippen LogP contribution in [-0.4, -0.2) is 47.5 Å². The molecular weight excluding hydrogens is 254 g/mol. The number of nitrogens with one attached hydrogen (secondary N) is 1. The van der Waals surface area contributed by atoms with Gasteiger partial charge in [-0.3, -0.25) is 0 Å². The van der Waals surface area contributed by atoms with Crippen LogP contribution in [0.2, 0.25) is 0 Å². The SMILES string of the molecule is CCCN(CCO)S(=O)(=O)c1cnc(C(C)C)[nH]1. The van der Waals surface area contributed by atoms with E-state index in [9.17, 15) is 8.42 Å². The Labute approximate surface area is 108 Å². The van der Waals surface area contributed by atoms with E-state index >= 15 is 0 Å². The van der Waals surface area contributed by atoms with Crippen molar-refractivity contribution >= 4 is 10.0 Å². The molecule has 0 bridgehead atoms.